The van der Waals surface area contributed by atoms with Crippen molar-refractivity contribution in [2.24, 2.45) is 10.8 Å². The van der Waals surface area contributed by atoms with Gasteiger partial charge in [0.05, 0.1) is 38.4 Å². The lowest BCUT2D eigenvalue weighted by Crippen LogP contribution is -2.43. The molecule has 0 bridgehead atoms. The summed E-state index contributed by atoms with van der Waals surface area (Å²) in [6.45, 7) is 0. The van der Waals surface area contributed by atoms with Crippen LogP contribution in [0.2, 0.25) is 0 Å². The molecule has 3 N–H and O–H groups in total. The number of nitrogens with one attached hydrogen (secondary N) is 3. The Morgan fingerprint density at radius 2 is 1.23 bits per heavy atom. The lowest BCUT2D eigenvalue weighted by Gasteiger charge is -2.30. The van der Waals surface area contributed by atoms with Crippen molar-refractivity contribution in [1.29, 1.82) is 21.3 Å². The van der Waals surface area contributed by atoms with Gasteiger partial charge in [-0.05, 0) is 12.1 Å². The van der Waals surface area contributed by atoms with Crippen LogP contribution in [-0.4, -0.2) is 26.0 Å². The van der Waals surface area contributed by atoms with Gasteiger partial charge in [0, 0.05) is 11.1 Å². The molecule has 4 rings (SSSR count). The zero-order valence-corrected chi connectivity index (χ0v) is 16.4. The molecule has 30 heavy (non-hydrogen) atoms. The molecule has 2 saturated heterocycles. The second kappa shape index (κ2) is 6.87. The summed E-state index contributed by atoms with van der Waals surface area (Å²) in [5, 5.41) is 41.1. The number of ether oxygens (including phenoxy) is 3. The molecular formula is C22H19N5O3. The summed E-state index contributed by atoms with van der Waals surface area (Å²) in [4.78, 5) is 0. The molecular weight excluding hydrogens is 382 g/mol. The van der Waals surface area contributed by atoms with E-state index >= 15 is 0 Å². The first-order valence-corrected chi connectivity index (χ1v) is 9.22. The van der Waals surface area contributed by atoms with E-state index in [1.165, 1.54) is 14.2 Å². The van der Waals surface area contributed by atoms with E-state index in [2.05, 4.69) is 17.5 Å². The van der Waals surface area contributed by atoms with Crippen LogP contribution in [0.1, 0.15) is 23.2 Å². The molecule has 8 heteroatoms. The number of methoxy groups -OCH3 is 2. The van der Waals surface area contributed by atoms with Crippen molar-refractivity contribution in [3.63, 3.8) is 0 Å². The van der Waals surface area contributed by atoms with Gasteiger partial charge in [-0.15, -0.1) is 0 Å². The van der Waals surface area contributed by atoms with Crippen molar-refractivity contribution in [3.05, 3.63) is 59.7 Å². The van der Waals surface area contributed by atoms with Gasteiger partial charge in [-0.3, -0.25) is 16.1 Å². The minimum Gasteiger partial charge on any atom is -0.496 e. The third-order valence-corrected chi connectivity index (χ3v) is 5.99. The normalized spacial score (nSPS) is 29.5. The number of fused-ring (bicyclic) bond motifs is 1. The third kappa shape index (κ3) is 2.17. The first kappa shape index (κ1) is 19.4. The van der Waals surface area contributed by atoms with Crippen LogP contribution >= 0.6 is 0 Å². The lowest BCUT2D eigenvalue weighted by molar-refractivity contribution is 0.341. The van der Waals surface area contributed by atoms with E-state index < -0.39 is 34.7 Å². The van der Waals surface area contributed by atoms with E-state index in [0.717, 1.165) is 0 Å². The third-order valence-electron chi connectivity index (χ3n) is 5.99. The van der Waals surface area contributed by atoms with Crippen LogP contribution in [0.5, 0.6) is 11.5 Å². The minimum absolute atomic E-state index is 0.433. The second-order valence-corrected chi connectivity index (χ2v) is 7.12. The number of hydrogen-bond donors (Lipinski definition) is 3. The Balaban J connectivity index is 2.04. The second-order valence-electron chi connectivity index (χ2n) is 7.12. The van der Waals surface area contributed by atoms with Crippen molar-refractivity contribution in [3.8, 4) is 23.6 Å². The van der Waals surface area contributed by atoms with Crippen LogP contribution in [0.15, 0.2) is 48.5 Å². The van der Waals surface area contributed by atoms with Crippen molar-refractivity contribution in [2.45, 2.75) is 12.1 Å². The van der Waals surface area contributed by atoms with Crippen LogP contribution in [-0.2, 0) is 4.74 Å². The van der Waals surface area contributed by atoms with Gasteiger partial charge in [-0.2, -0.15) is 10.5 Å². The molecule has 150 valence electrons. The van der Waals surface area contributed by atoms with Gasteiger partial charge in [-0.25, -0.2) is 0 Å². The van der Waals surface area contributed by atoms with Crippen molar-refractivity contribution in [1.82, 2.24) is 5.32 Å². The molecule has 2 heterocycles. The van der Waals surface area contributed by atoms with Gasteiger partial charge in [0.2, 0.25) is 11.8 Å². The Morgan fingerprint density at radius 3 is 1.60 bits per heavy atom. The topological polar surface area (TPSA) is 135 Å². The Hall–Kier alpha value is -3.88. The fraction of sp³-hybridized carbons (Fsp3) is 0.273. The zero-order valence-electron chi connectivity index (χ0n) is 16.4. The van der Waals surface area contributed by atoms with E-state index in [0.29, 0.717) is 22.6 Å². The summed E-state index contributed by atoms with van der Waals surface area (Å²) in [6, 6.07) is 16.9. The van der Waals surface area contributed by atoms with Gasteiger partial charge in [0.15, 0.2) is 10.8 Å². The molecule has 2 aliphatic rings. The molecule has 2 aromatic carbocycles. The molecule has 0 unspecified atom stereocenters. The highest BCUT2D eigenvalue weighted by Crippen LogP contribution is 2.66. The quantitative estimate of drug-likeness (QED) is 0.720. The molecule has 2 fully saturated rings. The predicted molar refractivity (Wildman–Crippen MR) is 107 cm³/mol. The Morgan fingerprint density at radius 1 is 0.833 bits per heavy atom. The van der Waals surface area contributed by atoms with Crippen LogP contribution in [0.4, 0.5) is 0 Å². The maximum atomic E-state index is 10.4. The fourth-order valence-electron chi connectivity index (χ4n) is 4.62. The Bertz CT molecular complexity index is 1050. The zero-order chi connectivity index (χ0) is 21.5. The maximum Gasteiger partial charge on any atom is 0.213 e. The lowest BCUT2D eigenvalue weighted by atomic mass is 9.60. The molecule has 0 aliphatic carbocycles. The number of benzene rings is 2. The summed E-state index contributed by atoms with van der Waals surface area (Å²) in [6.07, 6.45) is 0. The Kier molecular flexibility index (Phi) is 4.45. The number of hydrogen-bond acceptors (Lipinski definition) is 8. The summed E-state index contributed by atoms with van der Waals surface area (Å²) in [5.74, 6) is 0.140. The van der Waals surface area contributed by atoms with Crippen LogP contribution in [0.3, 0.4) is 0 Å². The number of nitrogens with zero attached hydrogens (tertiary/aromatic N) is 2. The number of nitriles is 2. The molecule has 0 spiro atoms. The van der Waals surface area contributed by atoms with Gasteiger partial charge in [0.25, 0.3) is 0 Å². The fourth-order valence-corrected chi connectivity index (χ4v) is 4.62. The summed E-state index contributed by atoms with van der Waals surface area (Å²) < 4.78 is 16.3. The smallest absolute Gasteiger partial charge is 0.213 e. The highest BCUT2D eigenvalue weighted by molar-refractivity contribution is 6.09. The highest BCUT2D eigenvalue weighted by Gasteiger charge is 2.78. The van der Waals surface area contributed by atoms with E-state index in [1.807, 2.05) is 0 Å². The summed E-state index contributed by atoms with van der Waals surface area (Å²) in [5.41, 5.74) is -2.33. The van der Waals surface area contributed by atoms with Crippen LogP contribution in [0.25, 0.3) is 0 Å². The number of rotatable bonds is 4. The van der Waals surface area contributed by atoms with Crippen LogP contribution < -0.4 is 14.8 Å². The van der Waals surface area contributed by atoms with E-state index in [9.17, 15) is 10.5 Å². The average Bonchev–Trinajstić information content (AvgIpc) is 3.21. The molecule has 0 aromatic heterocycles. The van der Waals surface area contributed by atoms with Gasteiger partial charge < -0.3 is 14.2 Å². The SMILES string of the molecule is COc1ccccc1[C@H]1N[C@@H](c2ccccc2OC)[C@]2(C#N)C(=N)OC(=N)[C@@]12C#N. The average molecular weight is 401 g/mol. The van der Waals surface area contributed by atoms with Gasteiger partial charge in [-0.1, -0.05) is 36.4 Å². The molecule has 4 atom stereocenters. The van der Waals surface area contributed by atoms with E-state index in [1.54, 1.807) is 48.5 Å². The maximum absolute atomic E-state index is 10.4. The predicted octanol–water partition coefficient (Wildman–Crippen LogP) is 3.09. The van der Waals surface area contributed by atoms with Crippen molar-refractivity contribution in [2.75, 3.05) is 14.2 Å². The standard InChI is InChI=1S/C22H19N5O3/c1-28-15-9-5-3-7-13(15)17-21(11-23)19(25)30-20(26)22(21,12-24)18(27-17)14-8-4-6-10-16(14)29-2/h3-10,17-18,25-27H,1-2H3/t17-,18+,21-,22-/m1/s1. The van der Waals surface area contributed by atoms with Gasteiger partial charge in [0.1, 0.15) is 11.5 Å². The molecule has 8 nitrogen and oxygen atoms in total. The minimum atomic E-state index is -1.76. The molecule has 2 aromatic rings. The monoisotopic (exact) mass is 401 g/mol. The number of para-hydroxylation sites is 2. The van der Waals surface area contributed by atoms with E-state index in [4.69, 9.17) is 25.0 Å². The van der Waals surface area contributed by atoms with Gasteiger partial charge >= 0.3 is 0 Å². The van der Waals surface area contributed by atoms with Crippen molar-refractivity contribution < 1.29 is 14.2 Å². The Labute approximate surface area is 173 Å². The van der Waals surface area contributed by atoms with Crippen LogP contribution in [0, 0.1) is 44.3 Å². The first-order chi connectivity index (χ1) is 14.5. The molecule has 0 saturated carbocycles. The largest absolute Gasteiger partial charge is 0.496 e. The molecule has 0 radical (unpaired) electrons. The highest BCUT2D eigenvalue weighted by atomic mass is 16.5. The van der Waals surface area contributed by atoms with E-state index in [-0.39, 0.29) is 0 Å². The first-order valence-electron chi connectivity index (χ1n) is 9.22. The molecule has 0 amide bonds. The van der Waals surface area contributed by atoms with Crippen molar-refractivity contribution >= 4 is 11.8 Å². The summed E-state index contributed by atoms with van der Waals surface area (Å²) in [7, 11) is 3.03. The molecule has 2 aliphatic heterocycles. The summed E-state index contributed by atoms with van der Waals surface area (Å²) >= 11 is 0.